The van der Waals surface area contributed by atoms with Crippen LogP contribution in [0.25, 0.3) is 0 Å². The van der Waals surface area contributed by atoms with Gasteiger partial charge in [-0.3, -0.25) is 0 Å². The molecule has 1 fully saturated rings. The lowest BCUT2D eigenvalue weighted by Crippen LogP contribution is -2.13. The SMILES string of the molecule is Clc1cc(I)ccc1[C@H]1CCCN1. The van der Waals surface area contributed by atoms with Crippen LogP contribution in [0.5, 0.6) is 0 Å². The molecule has 1 nitrogen and oxygen atoms in total. The normalized spacial score (nSPS) is 22.2. The fourth-order valence-electron chi connectivity index (χ4n) is 1.73. The Morgan fingerprint density at radius 1 is 1.46 bits per heavy atom. The lowest BCUT2D eigenvalue weighted by atomic mass is 10.1. The molecule has 2 rings (SSSR count). The molecule has 0 aliphatic carbocycles. The molecule has 1 atom stereocenters. The van der Waals surface area contributed by atoms with Gasteiger partial charge < -0.3 is 5.32 Å². The summed E-state index contributed by atoms with van der Waals surface area (Å²) in [6.45, 7) is 1.12. The molecule has 1 heterocycles. The van der Waals surface area contributed by atoms with Gasteiger partial charge in [-0.2, -0.15) is 0 Å². The highest BCUT2D eigenvalue weighted by Gasteiger charge is 2.18. The van der Waals surface area contributed by atoms with E-state index < -0.39 is 0 Å². The van der Waals surface area contributed by atoms with Crippen molar-refractivity contribution in [3.63, 3.8) is 0 Å². The molecule has 1 aromatic rings. The average Bonchev–Trinajstić information content (AvgIpc) is 2.56. The van der Waals surface area contributed by atoms with Gasteiger partial charge in [-0.1, -0.05) is 17.7 Å². The van der Waals surface area contributed by atoms with Crippen LogP contribution < -0.4 is 5.32 Å². The van der Waals surface area contributed by atoms with Gasteiger partial charge in [0.05, 0.1) is 0 Å². The predicted octanol–water partition coefficient (Wildman–Crippen LogP) is 3.37. The van der Waals surface area contributed by atoms with Gasteiger partial charge in [-0.15, -0.1) is 0 Å². The van der Waals surface area contributed by atoms with Crippen molar-refractivity contribution >= 4 is 34.2 Å². The van der Waals surface area contributed by atoms with Gasteiger partial charge in [0, 0.05) is 14.6 Å². The summed E-state index contributed by atoms with van der Waals surface area (Å²) in [6.07, 6.45) is 2.47. The second kappa shape index (κ2) is 4.15. The van der Waals surface area contributed by atoms with Gasteiger partial charge in [-0.25, -0.2) is 0 Å². The average molecular weight is 308 g/mol. The molecule has 13 heavy (non-hydrogen) atoms. The van der Waals surface area contributed by atoms with Crippen LogP contribution in [0.3, 0.4) is 0 Å². The van der Waals surface area contributed by atoms with Crippen molar-refractivity contribution in [1.82, 2.24) is 5.32 Å². The highest BCUT2D eigenvalue weighted by molar-refractivity contribution is 14.1. The number of halogens is 2. The molecular formula is C10H11ClIN. The Hall–Kier alpha value is 0.200. The van der Waals surface area contributed by atoms with E-state index in [0.717, 1.165) is 11.6 Å². The van der Waals surface area contributed by atoms with Gasteiger partial charge in [-0.05, 0) is 59.7 Å². The van der Waals surface area contributed by atoms with E-state index >= 15 is 0 Å². The monoisotopic (exact) mass is 307 g/mol. The predicted molar refractivity (Wildman–Crippen MR) is 64.1 cm³/mol. The molecule has 1 aliphatic rings. The summed E-state index contributed by atoms with van der Waals surface area (Å²) in [6, 6.07) is 6.75. The zero-order valence-electron chi connectivity index (χ0n) is 7.19. The van der Waals surface area contributed by atoms with E-state index in [4.69, 9.17) is 11.6 Å². The minimum absolute atomic E-state index is 0.476. The third-order valence-electron chi connectivity index (χ3n) is 2.40. The Morgan fingerprint density at radius 3 is 2.92 bits per heavy atom. The zero-order valence-corrected chi connectivity index (χ0v) is 10.1. The molecule has 3 heteroatoms. The van der Waals surface area contributed by atoms with Crippen molar-refractivity contribution in [1.29, 1.82) is 0 Å². The van der Waals surface area contributed by atoms with E-state index in [1.165, 1.54) is 22.0 Å². The van der Waals surface area contributed by atoms with E-state index in [1.54, 1.807) is 0 Å². The van der Waals surface area contributed by atoms with Crippen LogP contribution in [0.1, 0.15) is 24.4 Å². The lowest BCUT2D eigenvalue weighted by Gasteiger charge is -2.12. The largest absolute Gasteiger partial charge is 0.310 e. The van der Waals surface area contributed by atoms with E-state index in [1.807, 2.05) is 6.07 Å². The van der Waals surface area contributed by atoms with Crippen molar-refractivity contribution in [2.24, 2.45) is 0 Å². The van der Waals surface area contributed by atoms with E-state index in [2.05, 4.69) is 40.0 Å². The van der Waals surface area contributed by atoms with Crippen LogP contribution in [0.15, 0.2) is 18.2 Å². The van der Waals surface area contributed by atoms with Crippen molar-refractivity contribution in [3.05, 3.63) is 32.4 Å². The van der Waals surface area contributed by atoms with Crippen molar-refractivity contribution < 1.29 is 0 Å². The first-order valence-corrected chi connectivity index (χ1v) is 5.91. The molecule has 0 bridgehead atoms. The zero-order chi connectivity index (χ0) is 9.26. The summed E-state index contributed by atoms with van der Waals surface area (Å²) in [4.78, 5) is 0. The molecule has 0 spiro atoms. The third kappa shape index (κ3) is 2.17. The maximum absolute atomic E-state index is 6.16. The number of hydrogen-bond donors (Lipinski definition) is 1. The Kier molecular flexibility index (Phi) is 3.11. The summed E-state index contributed by atoms with van der Waals surface area (Å²) < 4.78 is 1.20. The Bertz CT molecular complexity index is 308. The standard InChI is InChI=1S/C10H11ClIN/c11-9-6-7(12)3-4-8(9)10-2-1-5-13-10/h3-4,6,10,13H,1-2,5H2/t10-/m1/s1. The van der Waals surface area contributed by atoms with Crippen LogP contribution >= 0.6 is 34.2 Å². The Morgan fingerprint density at radius 2 is 2.31 bits per heavy atom. The highest BCUT2D eigenvalue weighted by Crippen LogP contribution is 2.29. The molecular weight excluding hydrogens is 296 g/mol. The molecule has 1 saturated heterocycles. The second-order valence-electron chi connectivity index (χ2n) is 3.31. The van der Waals surface area contributed by atoms with Crippen LogP contribution in [-0.2, 0) is 0 Å². The van der Waals surface area contributed by atoms with E-state index in [9.17, 15) is 0 Å². The fourth-order valence-corrected chi connectivity index (χ4v) is 2.72. The van der Waals surface area contributed by atoms with E-state index in [0.29, 0.717) is 6.04 Å². The lowest BCUT2D eigenvalue weighted by molar-refractivity contribution is 0.648. The summed E-state index contributed by atoms with van der Waals surface area (Å²) in [7, 11) is 0. The first-order chi connectivity index (χ1) is 6.27. The molecule has 0 saturated carbocycles. The number of nitrogens with one attached hydrogen (secondary N) is 1. The van der Waals surface area contributed by atoms with Crippen molar-refractivity contribution in [3.8, 4) is 0 Å². The van der Waals surface area contributed by atoms with Gasteiger partial charge in [0.25, 0.3) is 0 Å². The molecule has 0 amide bonds. The molecule has 1 N–H and O–H groups in total. The summed E-state index contributed by atoms with van der Waals surface area (Å²) in [5.41, 5.74) is 1.25. The Labute approximate surface area is 97.0 Å². The van der Waals surface area contributed by atoms with Crippen molar-refractivity contribution in [2.75, 3.05) is 6.54 Å². The molecule has 1 aromatic carbocycles. The second-order valence-corrected chi connectivity index (χ2v) is 4.97. The minimum atomic E-state index is 0.476. The van der Waals surface area contributed by atoms with Gasteiger partial charge >= 0.3 is 0 Å². The van der Waals surface area contributed by atoms with Gasteiger partial charge in [0.1, 0.15) is 0 Å². The topological polar surface area (TPSA) is 12.0 Å². The maximum Gasteiger partial charge on any atom is 0.0464 e. The van der Waals surface area contributed by atoms with Gasteiger partial charge in [0.15, 0.2) is 0 Å². The first kappa shape index (κ1) is 9.74. The smallest absolute Gasteiger partial charge is 0.0464 e. The third-order valence-corrected chi connectivity index (χ3v) is 3.40. The number of benzene rings is 1. The molecule has 0 aromatic heterocycles. The quantitative estimate of drug-likeness (QED) is 0.785. The maximum atomic E-state index is 6.16. The van der Waals surface area contributed by atoms with Crippen LogP contribution in [0.2, 0.25) is 5.02 Å². The van der Waals surface area contributed by atoms with Crippen LogP contribution in [-0.4, -0.2) is 6.54 Å². The van der Waals surface area contributed by atoms with Gasteiger partial charge in [0.2, 0.25) is 0 Å². The highest BCUT2D eigenvalue weighted by atomic mass is 127. The minimum Gasteiger partial charge on any atom is -0.310 e. The van der Waals surface area contributed by atoms with Crippen LogP contribution in [0, 0.1) is 3.57 Å². The molecule has 70 valence electrons. The summed E-state index contributed by atoms with van der Waals surface area (Å²) >= 11 is 8.45. The molecule has 0 unspecified atom stereocenters. The number of hydrogen-bond acceptors (Lipinski definition) is 1. The van der Waals surface area contributed by atoms with Crippen molar-refractivity contribution in [2.45, 2.75) is 18.9 Å². The Balaban J connectivity index is 2.29. The fraction of sp³-hybridized carbons (Fsp3) is 0.400. The molecule has 0 radical (unpaired) electrons. The summed E-state index contributed by atoms with van der Waals surface area (Å²) in [5, 5.41) is 4.34. The molecule has 1 aliphatic heterocycles. The van der Waals surface area contributed by atoms with Crippen LogP contribution in [0.4, 0.5) is 0 Å². The first-order valence-electron chi connectivity index (χ1n) is 4.46. The van der Waals surface area contributed by atoms with E-state index in [-0.39, 0.29) is 0 Å². The summed E-state index contributed by atoms with van der Waals surface area (Å²) in [5.74, 6) is 0. The number of rotatable bonds is 1.